The van der Waals surface area contributed by atoms with Crippen LogP contribution in [0.4, 0.5) is 5.82 Å². The molecule has 6 nitrogen and oxygen atoms in total. The molecule has 0 atom stereocenters. The van der Waals surface area contributed by atoms with Gasteiger partial charge in [-0.2, -0.15) is 5.10 Å². The van der Waals surface area contributed by atoms with Crippen molar-refractivity contribution in [1.82, 2.24) is 15.2 Å². The van der Waals surface area contributed by atoms with Crippen LogP contribution in [0, 0.1) is 0 Å². The molecule has 2 aromatic rings. The molecule has 0 bridgehead atoms. The van der Waals surface area contributed by atoms with Crippen molar-refractivity contribution in [3.63, 3.8) is 0 Å². The highest BCUT2D eigenvalue weighted by atomic mass is 16.5. The summed E-state index contributed by atoms with van der Waals surface area (Å²) < 4.78 is 5.31. The van der Waals surface area contributed by atoms with Crippen LogP contribution in [0.5, 0.6) is 0 Å². The Bertz CT molecular complexity index is 547. The zero-order valence-corrected chi connectivity index (χ0v) is 9.14. The van der Waals surface area contributed by atoms with Gasteiger partial charge in [0, 0.05) is 6.20 Å². The zero-order chi connectivity index (χ0) is 11.7. The van der Waals surface area contributed by atoms with Gasteiger partial charge in [0.15, 0.2) is 5.82 Å². The lowest BCUT2D eigenvalue weighted by Crippen LogP contribution is -2.19. The molecule has 2 heterocycles. The van der Waals surface area contributed by atoms with Gasteiger partial charge in [-0.15, -0.1) is 0 Å². The number of anilines is 1. The van der Waals surface area contributed by atoms with E-state index in [0.717, 1.165) is 18.4 Å². The van der Waals surface area contributed by atoms with Crippen LogP contribution in [0.1, 0.15) is 12.8 Å². The highest BCUT2D eigenvalue weighted by molar-refractivity contribution is 5.98. The van der Waals surface area contributed by atoms with E-state index in [4.69, 9.17) is 4.74 Å². The van der Waals surface area contributed by atoms with Crippen molar-refractivity contribution in [2.24, 2.45) is 0 Å². The van der Waals surface area contributed by atoms with Gasteiger partial charge in [0.2, 0.25) is 0 Å². The Labute approximate surface area is 97.4 Å². The van der Waals surface area contributed by atoms with Crippen molar-refractivity contribution >= 4 is 22.8 Å². The van der Waals surface area contributed by atoms with Crippen molar-refractivity contribution in [3.05, 3.63) is 18.3 Å². The molecule has 6 heteroatoms. The molecular weight excluding hydrogens is 220 g/mol. The number of hydrogen-bond donors (Lipinski definition) is 2. The van der Waals surface area contributed by atoms with Gasteiger partial charge < -0.3 is 10.1 Å². The average molecular weight is 232 g/mol. The Balaban J connectivity index is 1.68. The van der Waals surface area contributed by atoms with Crippen molar-refractivity contribution in [3.8, 4) is 0 Å². The Morgan fingerprint density at radius 1 is 1.59 bits per heavy atom. The molecule has 1 amide bonds. The number of aromatic nitrogens is 3. The minimum absolute atomic E-state index is 0.0753. The fourth-order valence-corrected chi connectivity index (χ4v) is 1.54. The predicted octanol–water partition coefficient (Wildman–Crippen LogP) is 1.08. The number of amides is 1. The van der Waals surface area contributed by atoms with E-state index >= 15 is 0 Å². The molecule has 0 saturated heterocycles. The van der Waals surface area contributed by atoms with Crippen LogP contribution in [0.2, 0.25) is 0 Å². The van der Waals surface area contributed by atoms with Gasteiger partial charge >= 0.3 is 0 Å². The zero-order valence-electron chi connectivity index (χ0n) is 9.14. The van der Waals surface area contributed by atoms with Crippen LogP contribution < -0.4 is 5.32 Å². The summed E-state index contributed by atoms with van der Waals surface area (Å²) in [6.07, 6.45) is 4.05. The van der Waals surface area contributed by atoms with E-state index < -0.39 is 0 Å². The first-order valence-electron chi connectivity index (χ1n) is 5.53. The Hall–Kier alpha value is -1.95. The first-order valence-corrected chi connectivity index (χ1v) is 5.53. The highest BCUT2D eigenvalue weighted by Crippen LogP contribution is 2.23. The van der Waals surface area contributed by atoms with Crippen LogP contribution in [-0.2, 0) is 9.53 Å². The van der Waals surface area contributed by atoms with Crippen LogP contribution >= 0.6 is 0 Å². The maximum Gasteiger partial charge on any atom is 0.251 e. The summed E-state index contributed by atoms with van der Waals surface area (Å²) in [7, 11) is 0. The first-order chi connectivity index (χ1) is 8.33. The lowest BCUT2D eigenvalue weighted by Gasteiger charge is -2.02. The van der Waals surface area contributed by atoms with Gasteiger partial charge in [0.05, 0.1) is 11.6 Å². The van der Waals surface area contributed by atoms with Gasteiger partial charge in [-0.05, 0) is 25.0 Å². The third-order valence-corrected chi connectivity index (χ3v) is 2.55. The van der Waals surface area contributed by atoms with Gasteiger partial charge in [0.25, 0.3) is 5.91 Å². The molecule has 0 unspecified atom stereocenters. The second-order valence-electron chi connectivity index (χ2n) is 4.03. The summed E-state index contributed by atoms with van der Waals surface area (Å²) in [5.41, 5.74) is 1.46. The molecule has 2 aromatic heterocycles. The Kier molecular flexibility index (Phi) is 2.49. The summed E-state index contributed by atoms with van der Waals surface area (Å²) in [6.45, 7) is 0.0753. The van der Waals surface area contributed by atoms with E-state index in [1.807, 2.05) is 12.1 Å². The fourth-order valence-electron chi connectivity index (χ4n) is 1.54. The molecule has 0 aromatic carbocycles. The molecule has 88 valence electrons. The number of ether oxygens (including phenoxy) is 1. The smallest absolute Gasteiger partial charge is 0.251 e. The van der Waals surface area contributed by atoms with E-state index in [-0.39, 0.29) is 18.6 Å². The molecule has 0 aliphatic heterocycles. The second kappa shape index (κ2) is 4.14. The van der Waals surface area contributed by atoms with Crippen LogP contribution in [0.25, 0.3) is 11.0 Å². The number of carbonyl (C=O) groups excluding carboxylic acids is 1. The van der Waals surface area contributed by atoms with Gasteiger partial charge in [-0.1, -0.05) is 0 Å². The number of hydrogen-bond acceptors (Lipinski definition) is 4. The topological polar surface area (TPSA) is 79.9 Å². The number of nitrogens with one attached hydrogen (secondary N) is 2. The van der Waals surface area contributed by atoms with E-state index in [2.05, 4.69) is 20.5 Å². The van der Waals surface area contributed by atoms with Gasteiger partial charge in [0.1, 0.15) is 12.1 Å². The summed E-state index contributed by atoms with van der Waals surface area (Å²) >= 11 is 0. The van der Waals surface area contributed by atoms with E-state index in [1.54, 1.807) is 6.20 Å². The predicted molar refractivity (Wildman–Crippen MR) is 61.5 cm³/mol. The lowest BCUT2D eigenvalue weighted by atomic mass is 10.4. The second-order valence-corrected chi connectivity index (χ2v) is 4.03. The van der Waals surface area contributed by atoms with Crippen molar-refractivity contribution in [1.29, 1.82) is 0 Å². The number of pyridine rings is 1. The molecule has 1 saturated carbocycles. The van der Waals surface area contributed by atoms with Crippen LogP contribution in [0.15, 0.2) is 18.3 Å². The molecule has 0 spiro atoms. The monoisotopic (exact) mass is 232 g/mol. The maximum absolute atomic E-state index is 11.6. The molecule has 3 rings (SSSR count). The van der Waals surface area contributed by atoms with Crippen LogP contribution in [-0.4, -0.2) is 33.8 Å². The summed E-state index contributed by atoms with van der Waals surface area (Å²) in [5, 5.41) is 9.48. The molecule has 2 N–H and O–H groups in total. The average Bonchev–Trinajstić information content (AvgIpc) is 3.10. The molecule has 17 heavy (non-hydrogen) atoms. The minimum atomic E-state index is -0.198. The number of fused-ring (bicyclic) bond motifs is 1. The van der Waals surface area contributed by atoms with Gasteiger partial charge in [-0.25, -0.2) is 0 Å². The fraction of sp³-hybridized carbons (Fsp3) is 0.364. The number of rotatable bonds is 4. The van der Waals surface area contributed by atoms with Crippen LogP contribution in [0.3, 0.4) is 0 Å². The normalized spacial score (nSPS) is 15.1. The van der Waals surface area contributed by atoms with Gasteiger partial charge in [-0.3, -0.25) is 14.9 Å². The Morgan fingerprint density at radius 3 is 3.29 bits per heavy atom. The summed E-state index contributed by atoms with van der Waals surface area (Å²) in [4.78, 5) is 15.7. The third-order valence-electron chi connectivity index (χ3n) is 2.55. The quantitative estimate of drug-likeness (QED) is 0.826. The maximum atomic E-state index is 11.6. The molecule has 1 aliphatic rings. The summed E-state index contributed by atoms with van der Waals surface area (Å²) in [5.74, 6) is 0.251. The SMILES string of the molecule is O=C(COC1CC1)Nc1n[nH]c2cccnc12. The third kappa shape index (κ3) is 2.26. The van der Waals surface area contributed by atoms with Crippen molar-refractivity contribution in [2.45, 2.75) is 18.9 Å². The van der Waals surface area contributed by atoms with E-state index in [9.17, 15) is 4.79 Å². The largest absolute Gasteiger partial charge is 0.368 e. The molecular formula is C11H12N4O2. The first kappa shape index (κ1) is 10.2. The lowest BCUT2D eigenvalue weighted by molar-refractivity contribution is -0.121. The minimum Gasteiger partial charge on any atom is -0.368 e. The number of aromatic amines is 1. The van der Waals surface area contributed by atoms with E-state index in [0.29, 0.717) is 11.3 Å². The van der Waals surface area contributed by atoms with Crippen molar-refractivity contribution in [2.75, 3.05) is 11.9 Å². The van der Waals surface area contributed by atoms with Crippen molar-refractivity contribution < 1.29 is 9.53 Å². The summed E-state index contributed by atoms with van der Waals surface area (Å²) in [6, 6.07) is 3.66. The Morgan fingerprint density at radius 2 is 2.47 bits per heavy atom. The number of nitrogens with zero attached hydrogens (tertiary/aromatic N) is 2. The number of H-pyrrole nitrogens is 1. The standard InChI is InChI=1S/C11H12N4O2/c16-9(6-17-7-3-4-7)13-11-10-8(14-15-11)2-1-5-12-10/h1-2,5,7H,3-4,6H2,(H2,13,14,15,16). The molecule has 1 fully saturated rings. The number of carbonyl (C=O) groups is 1. The highest BCUT2D eigenvalue weighted by Gasteiger charge is 2.23. The molecule has 1 aliphatic carbocycles. The van der Waals surface area contributed by atoms with E-state index in [1.165, 1.54) is 0 Å². The molecule has 0 radical (unpaired) electrons.